The highest BCUT2D eigenvalue weighted by Crippen LogP contribution is 2.36. The summed E-state index contributed by atoms with van der Waals surface area (Å²) in [5.41, 5.74) is -5.57. The second-order valence-electron chi connectivity index (χ2n) is 9.54. The fourth-order valence-electron chi connectivity index (χ4n) is 4.96. The summed E-state index contributed by atoms with van der Waals surface area (Å²) in [6.07, 6.45) is -0.203. The molecule has 0 spiro atoms. The van der Waals surface area contributed by atoms with Crippen LogP contribution in [0.3, 0.4) is 0 Å². The summed E-state index contributed by atoms with van der Waals surface area (Å²) in [6.45, 7) is -0.759. The molecule has 41 heavy (non-hydrogen) atoms. The zero-order chi connectivity index (χ0) is 30.9. The number of rotatable bonds is 5. The van der Waals surface area contributed by atoms with Gasteiger partial charge in [0.05, 0.1) is 15.7 Å². The molecule has 184 valence electrons. The van der Waals surface area contributed by atoms with Crippen molar-refractivity contribution in [3.63, 3.8) is 0 Å². The van der Waals surface area contributed by atoms with Crippen molar-refractivity contribution < 1.29 is 28.0 Å². The van der Waals surface area contributed by atoms with Gasteiger partial charge in [-0.15, -0.1) is 0 Å². The number of amides is 4. The summed E-state index contributed by atoms with van der Waals surface area (Å²) in [4.78, 5) is 51.0. The van der Waals surface area contributed by atoms with E-state index in [0.29, 0.717) is 0 Å². The molecule has 2 heterocycles. The summed E-state index contributed by atoms with van der Waals surface area (Å²) >= 11 is 5.85. The number of carbonyl (C=O) groups excluding carboxylic acids is 4. The summed E-state index contributed by atoms with van der Waals surface area (Å²) in [5.74, 6) is -8.58. The van der Waals surface area contributed by atoms with Gasteiger partial charge in [-0.1, -0.05) is 49.8 Å². The van der Waals surface area contributed by atoms with Crippen LogP contribution in [-0.2, 0) is 32.2 Å². The molecule has 2 aliphatic rings. The average Bonchev–Trinajstić information content (AvgIpc) is 3.09. The van der Waals surface area contributed by atoms with Crippen LogP contribution in [0.25, 0.3) is 0 Å². The number of alkyl halides is 2. The van der Waals surface area contributed by atoms with Gasteiger partial charge in [-0.2, -0.15) is 8.78 Å². The van der Waals surface area contributed by atoms with Gasteiger partial charge in [0, 0.05) is 29.1 Å². The fourth-order valence-corrected chi connectivity index (χ4v) is 5.16. The van der Waals surface area contributed by atoms with Crippen molar-refractivity contribution in [1.29, 1.82) is 0 Å². The molecule has 4 rings (SSSR count). The smallest absolute Gasteiger partial charge is 0.347 e. The second kappa shape index (κ2) is 10.5. The number of benzene rings is 2. The van der Waals surface area contributed by atoms with Crippen LogP contribution >= 0.6 is 11.6 Å². The van der Waals surface area contributed by atoms with Crippen molar-refractivity contribution in [2.24, 2.45) is 0 Å². The van der Waals surface area contributed by atoms with Crippen LogP contribution in [0.4, 0.5) is 8.78 Å². The first-order chi connectivity index (χ1) is 18.9. The molecule has 2 aliphatic heterocycles. The monoisotopic (exact) mass is 551 g/mol. The molecule has 1 fully saturated rings. The number of halogens is 3. The third kappa shape index (κ3) is 4.70. The van der Waals surface area contributed by atoms with Gasteiger partial charge in [0.15, 0.2) is 0 Å². The maximum atomic E-state index is 15.3. The Morgan fingerprint density at radius 3 is 2.05 bits per heavy atom. The van der Waals surface area contributed by atoms with E-state index in [9.17, 15) is 19.2 Å². The van der Waals surface area contributed by atoms with E-state index in [1.807, 2.05) is 5.32 Å². The Morgan fingerprint density at radius 2 is 1.51 bits per heavy atom. The first-order valence-corrected chi connectivity index (χ1v) is 12.1. The normalized spacial score (nSPS) is 18.3. The van der Waals surface area contributed by atoms with Crippen LogP contribution in [0, 0.1) is 0 Å². The Bertz CT molecular complexity index is 1540. The molecule has 2 N–H and O–H groups in total. The standard InChI is InChI=1S/C22H9B9ClF2N3O4/c23-10-4(3-35-20(41)21(33,34)9-13(26)15(28)17(32)16(29)14(9)27)11(24)12(25)7-8(10)22(30,31)37(19(7)40)5-1-2-6(38)36-18(5)39/h5H,1-3H2,(H,35,41)(H,36,38,39). The number of nitrogens with one attached hydrogen (secondary N) is 2. The molecule has 0 saturated carbocycles. The molecule has 1 atom stereocenters. The Morgan fingerprint density at radius 1 is 0.951 bits per heavy atom. The fraction of sp³-hybridized carbons (Fsp3) is 0.273. The van der Waals surface area contributed by atoms with Gasteiger partial charge in [0.25, 0.3) is 11.8 Å². The Labute approximate surface area is 251 Å². The van der Waals surface area contributed by atoms with E-state index in [1.165, 1.54) is 0 Å². The third-order valence-corrected chi connectivity index (χ3v) is 7.51. The first-order valence-electron chi connectivity index (χ1n) is 11.7. The van der Waals surface area contributed by atoms with Crippen molar-refractivity contribution >= 4 is 144 Å². The van der Waals surface area contributed by atoms with Crippen molar-refractivity contribution in [1.82, 2.24) is 15.5 Å². The van der Waals surface area contributed by atoms with Crippen molar-refractivity contribution in [2.75, 3.05) is 0 Å². The van der Waals surface area contributed by atoms with Gasteiger partial charge >= 0.3 is 5.92 Å². The van der Waals surface area contributed by atoms with E-state index in [1.54, 1.807) is 0 Å². The lowest BCUT2D eigenvalue weighted by molar-refractivity contribution is -0.146. The second-order valence-corrected chi connectivity index (χ2v) is 9.92. The Hall–Kier alpha value is -2.75. The summed E-state index contributed by atoms with van der Waals surface area (Å²) in [6, 6.07) is -1.26. The minimum Gasteiger partial charge on any atom is -0.347 e. The highest BCUT2D eigenvalue weighted by Gasteiger charge is 2.50. The highest BCUT2D eigenvalue weighted by atomic mass is 35.5. The largest absolute Gasteiger partial charge is 0.348 e. The lowest BCUT2D eigenvalue weighted by Crippen LogP contribution is -2.59. The van der Waals surface area contributed by atoms with Crippen LogP contribution in [-0.4, -0.2) is 105 Å². The molecule has 1 saturated heterocycles. The number of piperidine rings is 1. The minimum atomic E-state index is -4.38. The summed E-state index contributed by atoms with van der Waals surface area (Å²) in [5, 5.41) is 1.45. The number of nitrogens with zero attached hydrogens (tertiary/aromatic N) is 1. The minimum absolute atomic E-state index is 0.0974. The molecular weight excluding hydrogens is 541 g/mol. The molecule has 0 bridgehead atoms. The maximum Gasteiger partial charge on any atom is 0.348 e. The number of fused-ring (bicyclic) bond motifs is 1. The average molecular weight is 550 g/mol. The quantitative estimate of drug-likeness (QED) is 0.286. The molecule has 0 aromatic heterocycles. The zero-order valence-corrected chi connectivity index (χ0v) is 21.9. The van der Waals surface area contributed by atoms with E-state index in [2.05, 4.69) is 5.32 Å². The van der Waals surface area contributed by atoms with E-state index >= 15 is 8.78 Å². The SMILES string of the molecule is [B]c1c([B])c(C(F)(F)C(=O)NCc2c([B])c([B])c3c(c2[B])C([B])([B])N(C2CCC(=O)NC2=O)C3=O)c([B])c([B])c1Cl. The number of hydrogen-bond acceptors (Lipinski definition) is 4. The van der Waals surface area contributed by atoms with Gasteiger partial charge in [-0.05, 0) is 22.9 Å². The molecule has 18 radical (unpaired) electrons. The van der Waals surface area contributed by atoms with Crippen molar-refractivity contribution in [3.05, 3.63) is 27.3 Å². The van der Waals surface area contributed by atoms with E-state index in [-0.39, 0.29) is 50.9 Å². The van der Waals surface area contributed by atoms with Crippen LogP contribution in [0.5, 0.6) is 0 Å². The number of carbonyl (C=O) groups is 4. The molecule has 2 aromatic carbocycles. The van der Waals surface area contributed by atoms with Gasteiger partial charge in [0.2, 0.25) is 11.8 Å². The van der Waals surface area contributed by atoms with Gasteiger partial charge < -0.3 is 10.2 Å². The summed E-state index contributed by atoms with van der Waals surface area (Å²) < 4.78 is 30.6. The highest BCUT2D eigenvalue weighted by molar-refractivity contribution is 6.64. The zero-order valence-electron chi connectivity index (χ0n) is 21.1. The topological polar surface area (TPSA) is 95.6 Å². The van der Waals surface area contributed by atoms with Crippen LogP contribution in [0.2, 0.25) is 5.02 Å². The Kier molecular flexibility index (Phi) is 8.00. The molecular formula is C22H9B9ClF2N3O4. The lowest BCUT2D eigenvalue weighted by atomic mass is 9.53. The van der Waals surface area contributed by atoms with Gasteiger partial charge in [-0.3, -0.25) is 24.5 Å². The van der Waals surface area contributed by atoms with Crippen LogP contribution in [0.15, 0.2) is 0 Å². The van der Waals surface area contributed by atoms with E-state index in [4.69, 9.17) is 82.2 Å². The van der Waals surface area contributed by atoms with Crippen molar-refractivity contribution in [3.8, 4) is 0 Å². The first kappa shape index (κ1) is 31.2. The maximum absolute atomic E-state index is 15.3. The van der Waals surface area contributed by atoms with Crippen LogP contribution in [0.1, 0.15) is 39.9 Å². The Balaban J connectivity index is 1.71. The molecule has 2 aromatic rings. The van der Waals surface area contributed by atoms with E-state index in [0.717, 1.165) is 4.90 Å². The molecule has 0 aliphatic carbocycles. The van der Waals surface area contributed by atoms with E-state index < -0.39 is 74.9 Å². The predicted molar refractivity (Wildman–Crippen MR) is 157 cm³/mol. The lowest BCUT2D eigenvalue weighted by Gasteiger charge is -2.41. The molecule has 1 unspecified atom stereocenters. The predicted octanol–water partition coefficient (Wildman–Crippen LogP) is -6.99. The molecule has 7 nitrogen and oxygen atoms in total. The third-order valence-electron chi connectivity index (χ3n) is 7.10. The number of imide groups is 1. The van der Waals surface area contributed by atoms with Crippen LogP contribution < -0.4 is 48.9 Å². The van der Waals surface area contributed by atoms with Crippen molar-refractivity contribution in [2.45, 2.75) is 36.7 Å². The van der Waals surface area contributed by atoms with Gasteiger partial charge in [0.1, 0.15) is 61.0 Å². The molecule has 4 amide bonds. The van der Waals surface area contributed by atoms with Gasteiger partial charge in [-0.25, -0.2) is 0 Å². The summed E-state index contributed by atoms with van der Waals surface area (Å²) in [7, 11) is 53.6. The molecule has 19 heteroatoms. The number of hydrogen-bond donors (Lipinski definition) is 2.